The highest BCUT2D eigenvalue weighted by molar-refractivity contribution is 7.98. The summed E-state index contributed by atoms with van der Waals surface area (Å²) >= 11 is 1.85. The van der Waals surface area contributed by atoms with E-state index >= 15 is 0 Å². The molecule has 1 fully saturated rings. The third kappa shape index (κ3) is 5.29. The molecule has 0 atom stereocenters. The van der Waals surface area contributed by atoms with Crippen LogP contribution in [0.15, 0.2) is 42.5 Å². The zero-order chi connectivity index (χ0) is 19.2. The molecule has 144 valence electrons. The van der Waals surface area contributed by atoms with E-state index in [1.54, 1.807) is 0 Å². The first-order valence-corrected chi connectivity index (χ1v) is 10.9. The molecular weight excluding hydrogens is 352 g/mol. The Hall–Kier alpha value is -1.94. The summed E-state index contributed by atoms with van der Waals surface area (Å²) in [5.74, 6) is 2.17. The van der Waals surface area contributed by atoms with Gasteiger partial charge in [0, 0.05) is 49.8 Å². The Kier molecular flexibility index (Phi) is 6.84. The Bertz CT molecular complexity index is 764. The molecule has 1 aliphatic heterocycles. The maximum atomic E-state index is 12.5. The van der Waals surface area contributed by atoms with Crippen molar-refractivity contribution in [1.29, 1.82) is 0 Å². The van der Waals surface area contributed by atoms with E-state index in [-0.39, 0.29) is 0 Å². The second-order valence-electron chi connectivity index (χ2n) is 7.38. The molecule has 2 aromatic rings. The summed E-state index contributed by atoms with van der Waals surface area (Å²) in [7, 11) is 0. The zero-order valence-electron chi connectivity index (χ0n) is 16.7. The van der Waals surface area contributed by atoms with Crippen LogP contribution in [0.25, 0.3) is 0 Å². The van der Waals surface area contributed by atoms with E-state index in [4.69, 9.17) is 0 Å². The number of nitrogens with zero attached hydrogens (tertiary/aromatic N) is 2. The predicted molar refractivity (Wildman–Crippen MR) is 117 cm³/mol. The topological polar surface area (TPSA) is 23.6 Å². The molecule has 1 saturated heterocycles. The molecular formula is C23H30N2OS. The lowest BCUT2D eigenvalue weighted by Gasteiger charge is -2.37. The number of carbonyl (C=O) groups is 1. The van der Waals surface area contributed by atoms with E-state index in [1.807, 2.05) is 16.7 Å². The van der Waals surface area contributed by atoms with Crippen LogP contribution in [0.2, 0.25) is 0 Å². The molecule has 3 nitrogen and oxygen atoms in total. The van der Waals surface area contributed by atoms with Crippen molar-refractivity contribution in [2.24, 2.45) is 0 Å². The Labute approximate surface area is 167 Å². The van der Waals surface area contributed by atoms with Gasteiger partial charge in [-0.25, -0.2) is 0 Å². The minimum atomic E-state index is 0.298. The lowest BCUT2D eigenvalue weighted by atomic mass is 10.1. The Balaban J connectivity index is 1.40. The maximum Gasteiger partial charge on any atom is 0.223 e. The van der Waals surface area contributed by atoms with Gasteiger partial charge in [-0.3, -0.25) is 4.79 Å². The van der Waals surface area contributed by atoms with Crippen molar-refractivity contribution in [2.45, 2.75) is 32.9 Å². The molecule has 3 rings (SSSR count). The first-order chi connectivity index (χ1) is 13.0. The number of rotatable bonds is 6. The number of benzene rings is 2. The number of piperazine rings is 1. The fourth-order valence-corrected chi connectivity index (χ4v) is 4.36. The van der Waals surface area contributed by atoms with Gasteiger partial charge in [0.1, 0.15) is 0 Å². The summed E-state index contributed by atoms with van der Waals surface area (Å²) in [6.07, 6.45) is 0.639. The van der Waals surface area contributed by atoms with Gasteiger partial charge in [0.15, 0.2) is 0 Å². The number of carbonyl (C=O) groups excluding carboxylic acids is 1. The predicted octanol–water partition coefficient (Wildman–Crippen LogP) is 4.58. The van der Waals surface area contributed by atoms with Crippen LogP contribution in [0.4, 0.5) is 5.69 Å². The number of amides is 1. The molecule has 0 aliphatic carbocycles. The van der Waals surface area contributed by atoms with Gasteiger partial charge in [0.25, 0.3) is 0 Å². The Morgan fingerprint density at radius 1 is 0.963 bits per heavy atom. The molecule has 0 bridgehead atoms. The van der Waals surface area contributed by atoms with Crippen LogP contribution >= 0.6 is 11.8 Å². The third-order valence-electron chi connectivity index (χ3n) is 5.40. The number of aryl methyl sites for hydroxylation is 2. The average molecular weight is 383 g/mol. The van der Waals surface area contributed by atoms with Crippen LogP contribution in [0, 0.1) is 20.8 Å². The van der Waals surface area contributed by atoms with Crippen LogP contribution in [0.5, 0.6) is 0 Å². The molecule has 1 heterocycles. The molecule has 0 saturated carbocycles. The Morgan fingerprint density at radius 2 is 1.67 bits per heavy atom. The van der Waals surface area contributed by atoms with Gasteiger partial charge in [0.05, 0.1) is 0 Å². The van der Waals surface area contributed by atoms with E-state index in [0.29, 0.717) is 12.3 Å². The Morgan fingerprint density at radius 3 is 2.37 bits per heavy atom. The maximum absolute atomic E-state index is 12.5. The molecule has 1 aliphatic rings. The molecule has 0 spiro atoms. The van der Waals surface area contributed by atoms with Crippen molar-refractivity contribution in [1.82, 2.24) is 4.90 Å². The first kappa shape index (κ1) is 19.8. The summed E-state index contributed by atoms with van der Waals surface area (Å²) in [5.41, 5.74) is 6.62. The quantitative estimate of drug-likeness (QED) is 0.683. The van der Waals surface area contributed by atoms with Crippen LogP contribution in [-0.4, -0.2) is 42.7 Å². The molecule has 2 aromatic carbocycles. The number of hydrogen-bond acceptors (Lipinski definition) is 3. The summed E-state index contributed by atoms with van der Waals surface area (Å²) in [6, 6.07) is 15.1. The number of hydrogen-bond donors (Lipinski definition) is 0. The molecule has 0 aromatic heterocycles. The largest absolute Gasteiger partial charge is 0.368 e. The van der Waals surface area contributed by atoms with Gasteiger partial charge >= 0.3 is 0 Å². The van der Waals surface area contributed by atoms with E-state index in [0.717, 1.165) is 37.7 Å². The lowest BCUT2D eigenvalue weighted by molar-refractivity contribution is -0.131. The lowest BCUT2D eigenvalue weighted by Crippen LogP contribution is -2.49. The second kappa shape index (κ2) is 9.32. The molecule has 0 radical (unpaired) electrons. The van der Waals surface area contributed by atoms with Crippen LogP contribution in [0.1, 0.15) is 28.7 Å². The molecule has 4 heteroatoms. The van der Waals surface area contributed by atoms with Crippen molar-refractivity contribution in [3.8, 4) is 0 Å². The monoisotopic (exact) mass is 382 g/mol. The highest BCUT2D eigenvalue weighted by atomic mass is 32.2. The standard InChI is InChI=1S/C23H30N2OS/c1-18-7-9-21(10-8-18)17-27-16-11-23(26)25-14-12-24(13-15-25)22-6-4-5-19(2)20(22)3/h4-10H,11-17H2,1-3H3. The van der Waals surface area contributed by atoms with Gasteiger partial charge in [0.2, 0.25) is 5.91 Å². The zero-order valence-corrected chi connectivity index (χ0v) is 17.5. The normalized spacial score (nSPS) is 14.5. The van der Waals surface area contributed by atoms with Crippen molar-refractivity contribution >= 4 is 23.4 Å². The van der Waals surface area contributed by atoms with Gasteiger partial charge in [-0.1, -0.05) is 42.0 Å². The first-order valence-electron chi connectivity index (χ1n) is 9.77. The smallest absolute Gasteiger partial charge is 0.223 e. The highest BCUT2D eigenvalue weighted by Crippen LogP contribution is 2.24. The summed E-state index contributed by atoms with van der Waals surface area (Å²) in [6.45, 7) is 9.96. The van der Waals surface area contributed by atoms with Crippen LogP contribution in [0.3, 0.4) is 0 Å². The SMILES string of the molecule is Cc1ccc(CSCCC(=O)N2CCN(c3cccc(C)c3C)CC2)cc1. The minimum absolute atomic E-state index is 0.298. The average Bonchev–Trinajstić information content (AvgIpc) is 2.69. The number of thioether (sulfide) groups is 1. The molecule has 0 unspecified atom stereocenters. The number of anilines is 1. The fraction of sp³-hybridized carbons (Fsp3) is 0.435. The third-order valence-corrected chi connectivity index (χ3v) is 6.43. The second-order valence-corrected chi connectivity index (χ2v) is 8.48. The molecule has 27 heavy (non-hydrogen) atoms. The van der Waals surface area contributed by atoms with Crippen molar-refractivity contribution < 1.29 is 4.79 Å². The van der Waals surface area contributed by atoms with Crippen LogP contribution in [-0.2, 0) is 10.5 Å². The van der Waals surface area contributed by atoms with Crippen molar-refractivity contribution in [3.63, 3.8) is 0 Å². The summed E-state index contributed by atoms with van der Waals surface area (Å²) in [4.78, 5) is 17.0. The van der Waals surface area contributed by atoms with Gasteiger partial charge in [-0.15, -0.1) is 0 Å². The van der Waals surface area contributed by atoms with E-state index in [9.17, 15) is 4.79 Å². The minimum Gasteiger partial charge on any atom is -0.368 e. The van der Waals surface area contributed by atoms with Crippen LogP contribution < -0.4 is 4.90 Å². The van der Waals surface area contributed by atoms with Crippen molar-refractivity contribution in [2.75, 3.05) is 36.8 Å². The van der Waals surface area contributed by atoms with Crippen molar-refractivity contribution in [3.05, 3.63) is 64.7 Å². The van der Waals surface area contributed by atoms with E-state index in [2.05, 4.69) is 68.1 Å². The summed E-state index contributed by atoms with van der Waals surface area (Å²) in [5, 5.41) is 0. The fourth-order valence-electron chi connectivity index (χ4n) is 3.47. The van der Waals surface area contributed by atoms with Gasteiger partial charge in [-0.05, 0) is 43.5 Å². The van der Waals surface area contributed by atoms with Gasteiger partial charge in [-0.2, -0.15) is 11.8 Å². The highest BCUT2D eigenvalue weighted by Gasteiger charge is 2.21. The molecule has 0 N–H and O–H groups in total. The molecule has 1 amide bonds. The van der Waals surface area contributed by atoms with E-state index < -0.39 is 0 Å². The summed E-state index contributed by atoms with van der Waals surface area (Å²) < 4.78 is 0. The van der Waals surface area contributed by atoms with Gasteiger partial charge < -0.3 is 9.80 Å². The van der Waals surface area contributed by atoms with E-state index in [1.165, 1.54) is 27.9 Å².